The number of nitrogens with one attached hydrogen (secondary N) is 2. The quantitative estimate of drug-likeness (QED) is 0.489. The number of carbonyl (C=O) groups is 1. The van der Waals surface area contributed by atoms with Crippen LogP contribution in [-0.4, -0.2) is 25.6 Å². The van der Waals surface area contributed by atoms with E-state index in [-0.39, 0.29) is 30.1 Å². The second-order valence-electron chi connectivity index (χ2n) is 6.55. The lowest BCUT2D eigenvalue weighted by Crippen LogP contribution is -2.40. The van der Waals surface area contributed by atoms with E-state index in [0.29, 0.717) is 5.82 Å². The van der Waals surface area contributed by atoms with Crippen molar-refractivity contribution in [3.05, 3.63) is 104 Å². The lowest BCUT2D eigenvalue weighted by atomic mass is 10.2. The number of nitrogens with zero attached hydrogens (tertiary/aromatic N) is 3. The van der Waals surface area contributed by atoms with Crippen molar-refractivity contribution in [2.24, 2.45) is 0 Å². The molecule has 0 saturated heterocycles. The third-order valence-electron chi connectivity index (χ3n) is 4.49. The Balaban J connectivity index is 1.50. The zero-order valence-corrected chi connectivity index (χ0v) is 16.0. The van der Waals surface area contributed by atoms with Crippen molar-refractivity contribution in [1.82, 2.24) is 25.0 Å². The fourth-order valence-electron chi connectivity index (χ4n) is 2.90. The molecule has 9 nitrogen and oxygen atoms in total. The fraction of sp³-hybridized carbons (Fsp3) is 0.0952. The second kappa shape index (κ2) is 8.57. The lowest BCUT2D eigenvalue weighted by Gasteiger charge is -2.08. The van der Waals surface area contributed by atoms with Crippen LogP contribution in [-0.2, 0) is 13.1 Å². The molecule has 0 aliphatic rings. The highest BCUT2D eigenvalue weighted by Crippen LogP contribution is 2.14. The van der Waals surface area contributed by atoms with Crippen LogP contribution >= 0.6 is 0 Å². The van der Waals surface area contributed by atoms with Gasteiger partial charge in [0, 0.05) is 17.3 Å². The summed E-state index contributed by atoms with van der Waals surface area (Å²) in [6.45, 7) is -0.434. The van der Waals surface area contributed by atoms with Crippen LogP contribution in [0.2, 0.25) is 0 Å². The molecule has 1 amide bonds. The summed E-state index contributed by atoms with van der Waals surface area (Å²) < 4.78 is 19.8. The maximum atomic E-state index is 13.9. The van der Waals surface area contributed by atoms with Crippen molar-refractivity contribution in [1.29, 1.82) is 0 Å². The zero-order chi connectivity index (χ0) is 21.8. The lowest BCUT2D eigenvalue weighted by molar-refractivity contribution is 0.0943. The summed E-state index contributed by atoms with van der Waals surface area (Å²) in [5.41, 5.74) is -1.01. The maximum Gasteiger partial charge on any atom is 0.328 e. The van der Waals surface area contributed by atoms with Crippen LogP contribution < -0.4 is 16.6 Å². The fourth-order valence-corrected chi connectivity index (χ4v) is 2.90. The summed E-state index contributed by atoms with van der Waals surface area (Å²) in [6.07, 6.45) is 1.01. The van der Waals surface area contributed by atoms with Gasteiger partial charge in [0.05, 0.1) is 13.1 Å². The van der Waals surface area contributed by atoms with E-state index in [1.165, 1.54) is 18.2 Å². The van der Waals surface area contributed by atoms with Crippen molar-refractivity contribution in [2.45, 2.75) is 13.1 Å². The summed E-state index contributed by atoms with van der Waals surface area (Å²) in [5.74, 6) is -0.804. The number of hydrogen-bond donors (Lipinski definition) is 2. The average molecular weight is 421 g/mol. The average Bonchev–Trinajstić information content (AvgIpc) is 3.26. The molecule has 2 N–H and O–H groups in total. The molecule has 0 spiro atoms. The van der Waals surface area contributed by atoms with Gasteiger partial charge in [-0.05, 0) is 6.07 Å². The first-order chi connectivity index (χ1) is 15.0. The van der Waals surface area contributed by atoms with Crippen molar-refractivity contribution in [2.75, 3.05) is 0 Å². The minimum atomic E-state index is -0.847. The summed E-state index contributed by atoms with van der Waals surface area (Å²) >= 11 is 0. The summed E-state index contributed by atoms with van der Waals surface area (Å²) in [5, 5.41) is 6.35. The third kappa shape index (κ3) is 4.32. The first-order valence-corrected chi connectivity index (χ1v) is 9.25. The van der Waals surface area contributed by atoms with Gasteiger partial charge in [0.25, 0.3) is 11.5 Å². The molecule has 156 valence electrons. The highest BCUT2D eigenvalue weighted by Gasteiger charge is 2.17. The van der Waals surface area contributed by atoms with Crippen LogP contribution in [0.25, 0.3) is 11.4 Å². The summed E-state index contributed by atoms with van der Waals surface area (Å²) in [4.78, 5) is 43.7. The molecule has 4 rings (SSSR count). The van der Waals surface area contributed by atoms with Crippen molar-refractivity contribution >= 4 is 5.91 Å². The number of amides is 1. The molecule has 0 unspecified atom stereocenters. The van der Waals surface area contributed by atoms with Crippen LogP contribution in [0.15, 0.2) is 74.9 Å². The van der Waals surface area contributed by atoms with Gasteiger partial charge in [0.15, 0.2) is 0 Å². The Bertz CT molecular complexity index is 1340. The molecule has 31 heavy (non-hydrogen) atoms. The van der Waals surface area contributed by atoms with E-state index < -0.39 is 23.0 Å². The molecule has 0 atom stereocenters. The topological polar surface area (TPSA) is 123 Å². The Morgan fingerprint density at radius 1 is 1.10 bits per heavy atom. The largest absolute Gasteiger partial charge is 0.343 e. The van der Waals surface area contributed by atoms with Crippen LogP contribution in [0.1, 0.15) is 21.8 Å². The normalized spacial score (nSPS) is 10.7. The van der Waals surface area contributed by atoms with Gasteiger partial charge >= 0.3 is 5.69 Å². The number of benzene rings is 2. The Morgan fingerprint density at radius 2 is 1.84 bits per heavy atom. The molecule has 2 heterocycles. The van der Waals surface area contributed by atoms with Crippen LogP contribution in [0.4, 0.5) is 4.39 Å². The Morgan fingerprint density at radius 3 is 2.61 bits per heavy atom. The molecule has 0 radical (unpaired) electrons. The van der Waals surface area contributed by atoms with Crippen LogP contribution in [0, 0.1) is 5.82 Å². The van der Waals surface area contributed by atoms with E-state index in [1.54, 1.807) is 6.07 Å². The van der Waals surface area contributed by atoms with E-state index in [9.17, 15) is 18.8 Å². The predicted octanol–water partition coefficient (Wildman–Crippen LogP) is 1.70. The van der Waals surface area contributed by atoms with Gasteiger partial charge in [-0.15, -0.1) is 0 Å². The molecule has 0 fully saturated rings. The Labute approximate surface area is 174 Å². The monoisotopic (exact) mass is 421 g/mol. The molecular weight excluding hydrogens is 405 g/mol. The predicted molar refractivity (Wildman–Crippen MR) is 108 cm³/mol. The van der Waals surface area contributed by atoms with Gasteiger partial charge in [0.2, 0.25) is 11.7 Å². The van der Waals surface area contributed by atoms with Gasteiger partial charge in [-0.3, -0.25) is 14.2 Å². The highest BCUT2D eigenvalue weighted by molar-refractivity contribution is 5.93. The Kier molecular flexibility index (Phi) is 5.52. The molecule has 2 aromatic heterocycles. The van der Waals surface area contributed by atoms with Gasteiger partial charge in [-0.25, -0.2) is 9.18 Å². The maximum absolute atomic E-state index is 13.9. The number of carbonyl (C=O) groups excluding carboxylic acids is 1. The van der Waals surface area contributed by atoms with Crippen LogP contribution in [0.5, 0.6) is 0 Å². The number of aromatic nitrogens is 4. The number of halogens is 1. The standard InChI is InChI=1S/C21H16FN5O4/c22-16-9-5-4-8-14(16)12-27-20(29)15(10-24-21(27)30)19(28)23-11-17-25-18(26-31-17)13-6-2-1-3-7-13/h1-10H,11-12H2,(H,23,28)(H,24,30). The zero-order valence-electron chi connectivity index (χ0n) is 16.0. The molecule has 4 aromatic rings. The number of H-pyrrole nitrogens is 1. The van der Waals surface area contributed by atoms with Gasteiger partial charge < -0.3 is 14.8 Å². The Hall–Kier alpha value is -4.34. The molecule has 0 bridgehead atoms. The number of rotatable bonds is 6. The van der Waals surface area contributed by atoms with Crippen molar-refractivity contribution in [3.8, 4) is 11.4 Å². The number of aromatic amines is 1. The number of hydrogen-bond acceptors (Lipinski definition) is 6. The summed E-state index contributed by atoms with van der Waals surface area (Å²) in [6, 6.07) is 14.9. The second-order valence-corrected chi connectivity index (χ2v) is 6.55. The van der Waals surface area contributed by atoms with Crippen LogP contribution in [0.3, 0.4) is 0 Å². The summed E-state index contributed by atoms with van der Waals surface area (Å²) in [7, 11) is 0. The van der Waals surface area contributed by atoms with E-state index in [0.717, 1.165) is 16.3 Å². The van der Waals surface area contributed by atoms with Crippen molar-refractivity contribution in [3.63, 3.8) is 0 Å². The van der Waals surface area contributed by atoms with Gasteiger partial charge in [0.1, 0.15) is 11.4 Å². The molecule has 0 saturated carbocycles. The van der Waals surface area contributed by atoms with E-state index in [1.807, 2.05) is 30.3 Å². The van der Waals surface area contributed by atoms with Gasteiger partial charge in [-0.2, -0.15) is 4.98 Å². The molecule has 0 aliphatic heterocycles. The first-order valence-electron chi connectivity index (χ1n) is 9.25. The molecule has 2 aromatic carbocycles. The minimum absolute atomic E-state index is 0.120. The van der Waals surface area contributed by atoms with Gasteiger partial charge in [-0.1, -0.05) is 53.7 Å². The van der Waals surface area contributed by atoms with E-state index in [4.69, 9.17) is 4.52 Å². The SMILES string of the molecule is O=C(NCc1nc(-c2ccccc2)no1)c1c[nH]c(=O)n(Cc2ccccc2F)c1=O. The minimum Gasteiger partial charge on any atom is -0.343 e. The van der Waals surface area contributed by atoms with E-state index in [2.05, 4.69) is 20.4 Å². The van der Waals surface area contributed by atoms with E-state index >= 15 is 0 Å². The molecular formula is C21H16FN5O4. The first kappa shape index (κ1) is 20.0. The highest BCUT2D eigenvalue weighted by atomic mass is 19.1. The molecule has 10 heteroatoms. The molecule has 0 aliphatic carbocycles. The third-order valence-corrected chi connectivity index (χ3v) is 4.49. The van der Waals surface area contributed by atoms with Crippen molar-refractivity contribution < 1.29 is 13.7 Å². The smallest absolute Gasteiger partial charge is 0.328 e.